The van der Waals surface area contributed by atoms with Gasteiger partial charge in [-0.2, -0.15) is 0 Å². The van der Waals surface area contributed by atoms with Gasteiger partial charge in [0.25, 0.3) is 5.91 Å². The second-order valence-corrected chi connectivity index (χ2v) is 6.20. The lowest BCUT2D eigenvalue weighted by molar-refractivity contribution is 0.102. The molecule has 1 saturated carbocycles. The van der Waals surface area contributed by atoms with Crippen LogP contribution in [0.25, 0.3) is 11.5 Å². The molecule has 24 heavy (non-hydrogen) atoms. The fraction of sp³-hybridized carbons (Fsp3) is 0.200. The van der Waals surface area contributed by atoms with Gasteiger partial charge in [0, 0.05) is 17.2 Å². The van der Waals surface area contributed by atoms with Gasteiger partial charge in [-0.05, 0) is 49.6 Å². The SMILES string of the molecule is Cc1cccc(NC(=O)c2nc(-c3ccccc3)oc2C2CC2)c1. The van der Waals surface area contributed by atoms with Gasteiger partial charge in [0.1, 0.15) is 5.76 Å². The molecule has 0 radical (unpaired) electrons. The fourth-order valence-corrected chi connectivity index (χ4v) is 2.73. The number of carbonyl (C=O) groups excluding carboxylic acids is 1. The highest BCUT2D eigenvalue weighted by molar-refractivity contribution is 6.04. The summed E-state index contributed by atoms with van der Waals surface area (Å²) in [5.74, 6) is 1.31. The summed E-state index contributed by atoms with van der Waals surface area (Å²) in [6.45, 7) is 1.99. The Morgan fingerprint density at radius 1 is 1.12 bits per heavy atom. The summed E-state index contributed by atoms with van der Waals surface area (Å²) < 4.78 is 5.94. The average molecular weight is 318 g/mol. The molecule has 0 unspecified atom stereocenters. The van der Waals surface area contributed by atoms with Gasteiger partial charge in [-0.3, -0.25) is 4.79 Å². The summed E-state index contributed by atoms with van der Waals surface area (Å²) >= 11 is 0. The lowest BCUT2D eigenvalue weighted by Gasteiger charge is -2.04. The Bertz CT molecular complexity index is 880. The zero-order valence-corrected chi connectivity index (χ0v) is 13.5. The number of carbonyl (C=O) groups is 1. The molecule has 1 N–H and O–H groups in total. The summed E-state index contributed by atoms with van der Waals surface area (Å²) in [6.07, 6.45) is 2.10. The second-order valence-electron chi connectivity index (χ2n) is 6.20. The predicted octanol–water partition coefficient (Wildman–Crippen LogP) is 4.78. The Hall–Kier alpha value is -2.88. The normalized spacial score (nSPS) is 13.7. The van der Waals surface area contributed by atoms with Crippen molar-refractivity contribution in [3.63, 3.8) is 0 Å². The Morgan fingerprint density at radius 3 is 2.62 bits per heavy atom. The van der Waals surface area contributed by atoms with Gasteiger partial charge >= 0.3 is 0 Å². The molecule has 120 valence electrons. The van der Waals surface area contributed by atoms with Crippen molar-refractivity contribution in [2.75, 3.05) is 5.32 Å². The van der Waals surface area contributed by atoms with Gasteiger partial charge < -0.3 is 9.73 Å². The van der Waals surface area contributed by atoms with E-state index in [0.717, 1.165) is 29.7 Å². The van der Waals surface area contributed by atoms with Crippen LogP contribution in [0.3, 0.4) is 0 Å². The van der Waals surface area contributed by atoms with E-state index in [4.69, 9.17) is 4.42 Å². The number of amides is 1. The Labute approximate surface area is 140 Å². The van der Waals surface area contributed by atoms with Crippen molar-refractivity contribution in [1.82, 2.24) is 4.98 Å². The van der Waals surface area contributed by atoms with Gasteiger partial charge in [-0.1, -0.05) is 30.3 Å². The van der Waals surface area contributed by atoms with Gasteiger partial charge in [-0.25, -0.2) is 4.98 Å². The molecule has 4 rings (SSSR count). The molecule has 1 fully saturated rings. The topological polar surface area (TPSA) is 55.1 Å². The molecule has 1 heterocycles. The smallest absolute Gasteiger partial charge is 0.277 e. The van der Waals surface area contributed by atoms with Crippen LogP contribution < -0.4 is 5.32 Å². The highest BCUT2D eigenvalue weighted by Gasteiger charge is 2.34. The number of aryl methyl sites for hydroxylation is 1. The number of hydrogen-bond acceptors (Lipinski definition) is 3. The molecule has 3 aromatic rings. The lowest BCUT2D eigenvalue weighted by Crippen LogP contribution is -2.14. The molecule has 4 heteroatoms. The van der Waals surface area contributed by atoms with Crippen molar-refractivity contribution in [2.24, 2.45) is 0 Å². The number of aromatic nitrogens is 1. The summed E-state index contributed by atoms with van der Waals surface area (Å²) in [7, 11) is 0. The molecular formula is C20H18N2O2. The van der Waals surface area contributed by atoms with Gasteiger partial charge in [0.05, 0.1) is 0 Å². The van der Waals surface area contributed by atoms with Crippen molar-refractivity contribution in [2.45, 2.75) is 25.7 Å². The third-order valence-electron chi connectivity index (χ3n) is 4.11. The van der Waals surface area contributed by atoms with E-state index in [0.29, 0.717) is 23.3 Å². The number of nitrogens with one attached hydrogen (secondary N) is 1. The number of anilines is 1. The van der Waals surface area contributed by atoms with Crippen molar-refractivity contribution in [1.29, 1.82) is 0 Å². The molecule has 1 amide bonds. The molecule has 4 nitrogen and oxygen atoms in total. The third kappa shape index (κ3) is 2.95. The monoisotopic (exact) mass is 318 g/mol. The van der Waals surface area contributed by atoms with Crippen LogP contribution in [0.4, 0.5) is 5.69 Å². The van der Waals surface area contributed by atoms with Crippen molar-refractivity contribution in [3.05, 3.63) is 71.6 Å². The van der Waals surface area contributed by atoms with E-state index >= 15 is 0 Å². The molecule has 2 aromatic carbocycles. The first-order chi connectivity index (χ1) is 11.7. The molecule has 0 spiro atoms. The zero-order valence-electron chi connectivity index (χ0n) is 13.5. The minimum atomic E-state index is -0.214. The molecular weight excluding hydrogens is 300 g/mol. The fourth-order valence-electron chi connectivity index (χ4n) is 2.73. The lowest BCUT2D eigenvalue weighted by atomic mass is 10.2. The van der Waals surface area contributed by atoms with Gasteiger partial charge in [0.2, 0.25) is 5.89 Å². The molecule has 0 saturated heterocycles. The summed E-state index contributed by atoms with van der Waals surface area (Å²) in [4.78, 5) is 17.2. The van der Waals surface area contributed by atoms with Crippen molar-refractivity contribution in [3.8, 4) is 11.5 Å². The van der Waals surface area contributed by atoms with Crippen LogP contribution in [0.5, 0.6) is 0 Å². The third-order valence-corrected chi connectivity index (χ3v) is 4.11. The Morgan fingerprint density at radius 2 is 1.92 bits per heavy atom. The quantitative estimate of drug-likeness (QED) is 0.753. The maximum atomic E-state index is 12.7. The van der Waals surface area contributed by atoms with Crippen LogP contribution in [-0.4, -0.2) is 10.9 Å². The van der Waals surface area contributed by atoms with E-state index in [-0.39, 0.29) is 5.91 Å². The zero-order chi connectivity index (χ0) is 16.5. The van der Waals surface area contributed by atoms with Crippen molar-refractivity contribution >= 4 is 11.6 Å². The maximum absolute atomic E-state index is 12.7. The maximum Gasteiger partial charge on any atom is 0.277 e. The second kappa shape index (κ2) is 5.96. The summed E-state index contributed by atoms with van der Waals surface area (Å²) in [5, 5.41) is 2.93. The van der Waals surface area contributed by atoms with Crippen LogP contribution in [-0.2, 0) is 0 Å². The molecule has 1 aromatic heterocycles. The first-order valence-electron chi connectivity index (χ1n) is 8.15. The summed E-state index contributed by atoms with van der Waals surface area (Å²) in [6, 6.07) is 17.4. The number of oxazole rings is 1. The van der Waals surface area contributed by atoms with Gasteiger partial charge in [0.15, 0.2) is 5.69 Å². The standard InChI is InChI=1S/C20H18N2O2/c1-13-6-5-9-16(12-13)21-19(23)17-18(14-10-11-14)24-20(22-17)15-7-3-2-4-8-15/h2-9,12,14H,10-11H2,1H3,(H,21,23). The van der Waals surface area contributed by atoms with Crippen molar-refractivity contribution < 1.29 is 9.21 Å². The number of benzene rings is 2. The van der Waals surface area contributed by atoms with E-state index in [1.54, 1.807) is 0 Å². The molecule has 0 atom stereocenters. The molecule has 1 aliphatic carbocycles. The number of rotatable bonds is 4. The van der Waals surface area contributed by atoms with Crippen LogP contribution in [0.2, 0.25) is 0 Å². The van der Waals surface area contributed by atoms with E-state index in [1.807, 2.05) is 61.5 Å². The first kappa shape index (κ1) is 14.7. The van der Waals surface area contributed by atoms with Crippen LogP contribution >= 0.6 is 0 Å². The van der Waals surface area contributed by atoms with Crippen LogP contribution in [0.1, 0.15) is 40.6 Å². The molecule has 0 bridgehead atoms. The Balaban J connectivity index is 1.66. The minimum absolute atomic E-state index is 0.214. The number of hydrogen-bond donors (Lipinski definition) is 1. The van der Waals surface area contributed by atoms with Crippen LogP contribution in [0, 0.1) is 6.92 Å². The molecule has 0 aliphatic heterocycles. The predicted molar refractivity (Wildman–Crippen MR) is 93.0 cm³/mol. The molecule has 1 aliphatic rings. The highest BCUT2D eigenvalue weighted by atomic mass is 16.4. The summed E-state index contributed by atoms with van der Waals surface area (Å²) in [5.41, 5.74) is 3.15. The van der Waals surface area contributed by atoms with E-state index < -0.39 is 0 Å². The minimum Gasteiger partial charge on any atom is -0.440 e. The largest absolute Gasteiger partial charge is 0.440 e. The number of nitrogens with zero attached hydrogens (tertiary/aromatic N) is 1. The van der Waals surface area contributed by atoms with Crippen LogP contribution in [0.15, 0.2) is 59.0 Å². The first-order valence-corrected chi connectivity index (χ1v) is 8.15. The van der Waals surface area contributed by atoms with E-state index in [1.165, 1.54) is 0 Å². The van der Waals surface area contributed by atoms with E-state index in [9.17, 15) is 4.79 Å². The van der Waals surface area contributed by atoms with Gasteiger partial charge in [-0.15, -0.1) is 0 Å². The highest BCUT2D eigenvalue weighted by Crippen LogP contribution is 2.43. The Kier molecular flexibility index (Phi) is 3.65. The van der Waals surface area contributed by atoms with E-state index in [2.05, 4.69) is 10.3 Å². The average Bonchev–Trinajstić information content (AvgIpc) is 3.34.